The zero-order valence-corrected chi connectivity index (χ0v) is 9.56. The lowest BCUT2D eigenvalue weighted by atomic mass is 9.94. The molecule has 0 bridgehead atoms. The Bertz CT molecular complexity index is 473. The van der Waals surface area contributed by atoms with Crippen LogP contribution in [0.4, 0.5) is 0 Å². The molecule has 5 nitrogen and oxygen atoms in total. The van der Waals surface area contributed by atoms with Gasteiger partial charge in [-0.05, 0) is 38.1 Å². The van der Waals surface area contributed by atoms with E-state index in [0.717, 1.165) is 24.5 Å². The number of aromatic nitrogens is 4. The number of nitrogens with zero attached hydrogens (tertiary/aromatic N) is 3. The van der Waals surface area contributed by atoms with Crippen molar-refractivity contribution in [3.63, 3.8) is 0 Å². The summed E-state index contributed by atoms with van der Waals surface area (Å²) in [5, 5.41) is 10.8. The van der Waals surface area contributed by atoms with E-state index in [1.807, 2.05) is 6.07 Å². The molecule has 0 aromatic carbocycles. The minimum Gasteiger partial charge on any atom is -0.317 e. The van der Waals surface area contributed by atoms with Crippen LogP contribution in [0, 0.1) is 0 Å². The van der Waals surface area contributed by atoms with Crippen molar-refractivity contribution < 1.29 is 0 Å². The second-order valence-corrected chi connectivity index (χ2v) is 4.33. The van der Waals surface area contributed by atoms with Crippen LogP contribution >= 0.6 is 0 Å². The SMILES string of the molecule is c1cc(-c2cc(C3CCNCC3)[nH]n2)ncn1. The molecule has 0 amide bonds. The lowest BCUT2D eigenvalue weighted by Crippen LogP contribution is -2.26. The predicted octanol–water partition coefficient (Wildman–Crippen LogP) is 1.33. The summed E-state index contributed by atoms with van der Waals surface area (Å²) in [6, 6.07) is 3.99. The maximum atomic E-state index is 4.33. The quantitative estimate of drug-likeness (QED) is 0.815. The zero-order chi connectivity index (χ0) is 11.5. The van der Waals surface area contributed by atoms with E-state index in [1.165, 1.54) is 18.5 Å². The lowest BCUT2D eigenvalue weighted by Gasteiger charge is -2.20. The van der Waals surface area contributed by atoms with Gasteiger partial charge in [0.15, 0.2) is 0 Å². The lowest BCUT2D eigenvalue weighted by molar-refractivity contribution is 0.453. The van der Waals surface area contributed by atoms with E-state index in [9.17, 15) is 0 Å². The van der Waals surface area contributed by atoms with Gasteiger partial charge in [-0.15, -0.1) is 0 Å². The number of rotatable bonds is 2. The van der Waals surface area contributed by atoms with Gasteiger partial charge in [-0.25, -0.2) is 9.97 Å². The average molecular weight is 229 g/mol. The monoisotopic (exact) mass is 229 g/mol. The minimum atomic E-state index is 0.597. The third-order valence-electron chi connectivity index (χ3n) is 3.22. The highest BCUT2D eigenvalue weighted by Crippen LogP contribution is 2.26. The molecule has 0 aliphatic carbocycles. The summed E-state index contributed by atoms with van der Waals surface area (Å²) in [5.74, 6) is 0.597. The van der Waals surface area contributed by atoms with Gasteiger partial charge < -0.3 is 5.32 Å². The molecular weight excluding hydrogens is 214 g/mol. The molecule has 0 unspecified atom stereocenters. The Morgan fingerprint density at radius 1 is 1.18 bits per heavy atom. The van der Waals surface area contributed by atoms with Crippen LogP contribution in [0.2, 0.25) is 0 Å². The second-order valence-electron chi connectivity index (χ2n) is 4.33. The van der Waals surface area contributed by atoms with Gasteiger partial charge in [0.1, 0.15) is 12.0 Å². The molecule has 1 fully saturated rings. The van der Waals surface area contributed by atoms with Crippen molar-refractivity contribution in [2.75, 3.05) is 13.1 Å². The first-order valence-electron chi connectivity index (χ1n) is 5.96. The smallest absolute Gasteiger partial charge is 0.116 e. The van der Waals surface area contributed by atoms with Gasteiger partial charge in [0.2, 0.25) is 0 Å². The van der Waals surface area contributed by atoms with E-state index in [1.54, 1.807) is 12.5 Å². The van der Waals surface area contributed by atoms with E-state index in [4.69, 9.17) is 0 Å². The van der Waals surface area contributed by atoms with Gasteiger partial charge in [0.05, 0.1) is 5.69 Å². The van der Waals surface area contributed by atoms with E-state index < -0.39 is 0 Å². The Morgan fingerprint density at radius 2 is 2.06 bits per heavy atom. The Hall–Kier alpha value is -1.75. The van der Waals surface area contributed by atoms with E-state index in [0.29, 0.717) is 5.92 Å². The fourth-order valence-electron chi connectivity index (χ4n) is 2.25. The second kappa shape index (κ2) is 4.63. The number of hydrogen-bond acceptors (Lipinski definition) is 4. The largest absolute Gasteiger partial charge is 0.317 e. The summed E-state index contributed by atoms with van der Waals surface area (Å²) < 4.78 is 0. The molecule has 0 atom stereocenters. The van der Waals surface area contributed by atoms with Gasteiger partial charge in [0, 0.05) is 17.8 Å². The molecule has 0 spiro atoms. The highest BCUT2D eigenvalue weighted by molar-refractivity contribution is 5.53. The molecule has 5 heteroatoms. The summed E-state index contributed by atoms with van der Waals surface area (Å²) in [7, 11) is 0. The first-order chi connectivity index (χ1) is 8.43. The number of H-pyrrole nitrogens is 1. The average Bonchev–Trinajstić information content (AvgIpc) is 2.90. The van der Waals surface area contributed by atoms with Crippen molar-refractivity contribution in [3.8, 4) is 11.4 Å². The molecule has 3 rings (SSSR count). The summed E-state index contributed by atoms with van der Waals surface area (Å²) in [6.45, 7) is 2.18. The van der Waals surface area contributed by atoms with Gasteiger partial charge in [-0.3, -0.25) is 5.10 Å². The third kappa shape index (κ3) is 2.19. The van der Waals surface area contributed by atoms with Crippen LogP contribution in [0.3, 0.4) is 0 Å². The zero-order valence-electron chi connectivity index (χ0n) is 9.56. The summed E-state index contributed by atoms with van der Waals surface area (Å²) in [4.78, 5) is 8.11. The molecule has 0 saturated carbocycles. The highest BCUT2D eigenvalue weighted by Gasteiger charge is 2.17. The van der Waals surface area contributed by atoms with Crippen molar-refractivity contribution in [2.45, 2.75) is 18.8 Å². The van der Waals surface area contributed by atoms with Gasteiger partial charge in [0.25, 0.3) is 0 Å². The van der Waals surface area contributed by atoms with Gasteiger partial charge in [-0.1, -0.05) is 0 Å². The number of nitrogens with one attached hydrogen (secondary N) is 2. The molecule has 88 valence electrons. The topological polar surface area (TPSA) is 66.5 Å². The minimum absolute atomic E-state index is 0.597. The molecule has 1 saturated heterocycles. The van der Waals surface area contributed by atoms with Crippen molar-refractivity contribution in [1.82, 2.24) is 25.5 Å². The molecule has 2 N–H and O–H groups in total. The van der Waals surface area contributed by atoms with Crippen LogP contribution in [-0.2, 0) is 0 Å². The predicted molar refractivity (Wildman–Crippen MR) is 64.5 cm³/mol. The Labute approximate surface area is 99.7 Å². The molecule has 3 heterocycles. The van der Waals surface area contributed by atoms with Crippen LogP contribution < -0.4 is 5.32 Å². The number of aromatic amines is 1. The maximum Gasteiger partial charge on any atom is 0.116 e. The van der Waals surface area contributed by atoms with Crippen molar-refractivity contribution in [1.29, 1.82) is 0 Å². The highest BCUT2D eigenvalue weighted by atomic mass is 15.1. The summed E-state index contributed by atoms with van der Waals surface area (Å²) in [6.07, 6.45) is 5.63. The summed E-state index contributed by atoms with van der Waals surface area (Å²) in [5.41, 5.74) is 3.00. The molecule has 0 radical (unpaired) electrons. The van der Waals surface area contributed by atoms with Crippen molar-refractivity contribution in [3.05, 3.63) is 30.4 Å². The molecule has 2 aromatic heterocycles. The molecule has 2 aromatic rings. The van der Waals surface area contributed by atoms with Crippen LogP contribution in [0.5, 0.6) is 0 Å². The van der Waals surface area contributed by atoms with E-state index >= 15 is 0 Å². The van der Waals surface area contributed by atoms with Crippen LogP contribution in [0.25, 0.3) is 11.4 Å². The van der Waals surface area contributed by atoms with E-state index in [-0.39, 0.29) is 0 Å². The van der Waals surface area contributed by atoms with Crippen LogP contribution in [-0.4, -0.2) is 33.3 Å². The first kappa shape index (κ1) is 10.4. The molecular formula is C12H15N5. The molecule has 1 aliphatic rings. The summed E-state index contributed by atoms with van der Waals surface area (Å²) >= 11 is 0. The fraction of sp³-hybridized carbons (Fsp3) is 0.417. The normalized spacial score (nSPS) is 17.2. The Morgan fingerprint density at radius 3 is 2.82 bits per heavy atom. The van der Waals surface area contributed by atoms with E-state index in [2.05, 4.69) is 31.5 Å². The molecule has 17 heavy (non-hydrogen) atoms. The molecule has 1 aliphatic heterocycles. The standard InChI is InChI=1S/C12H15N5/c1-4-13-5-2-9(1)11-7-12(17-16-11)10-3-6-14-8-15-10/h3,6-9,13H,1-2,4-5H2,(H,16,17). The third-order valence-corrected chi connectivity index (χ3v) is 3.22. The van der Waals surface area contributed by atoms with Crippen LogP contribution in [0.15, 0.2) is 24.7 Å². The van der Waals surface area contributed by atoms with Crippen molar-refractivity contribution in [2.24, 2.45) is 0 Å². The Balaban J connectivity index is 1.83. The fourth-order valence-corrected chi connectivity index (χ4v) is 2.25. The first-order valence-corrected chi connectivity index (χ1v) is 5.96. The van der Waals surface area contributed by atoms with Crippen molar-refractivity contribution >= 4 is 0 Å². The van der Waals surface area contributed by atoms with Gasteiger partial charge in [-0.2, -0.15) is 5.10 Å². The number of hydrogen-bond donors (Lipinski definition) is 2. The number of piperidine rings is 1. The Kier molecular flexibility index (Phi) is 2.83. The maximum absolute atomic E-state index is 4.33. The van der Waals surface area contributed by atoms with Gasteiger partial charge >= 0.3 is 0 Å². The van der Waals surface area contributed by atoms with Crippen LogP contribution in [0.1, 0.15) is 24.5 Å².